The second-order valence-electron chi connectivity index (χ2n) is 2.22. The number of hydrogen-bond donors (Lipinski definition) is 0. The lowest BCUT2D eigenvalue weighted by atomic mass is 10.9. The van der Waals surface area contributed by atoms with Crippen LogP contribution in [0.15, 0.2) is 39.7 Å². The summed E-state index contributed by atoms with van der Waals surface area (Å²) in [7, 11) is 1.93. The highest BCUT2D eigenvalue weighted by Crippen LogP contribution is 2.23. The van der Waals surface area contributed by atoms with Gasteiger partial charge in [0, 0.05) is 31.2 Å². The molecule has 12 heavy (non-hydrogen) atoms. The maximum Gasteiger partial charge on any atom is 0.263 e. The fraction of sp³-hybridized carbons (Fsp3) is 0.143. The monoisotopic (exact) mass is 181 g/mol. The van der Waals surface area contributed by atoms with Crippen LogP contribution in [0.25, 0.3) is 0 Å². The summed E-state index contributed by atoms with van der Waals surface area (Å²) >= 11 is 1.40. The molecule has 0 aliphatic heterocycles. The Bertz CT molecular complexity index is 354. The minimum Gasteiger partial charge on any atom is -0.440 e. The number of rotatable bonds is 2. The number of aryl methyl sites for hydroxylation is 1. The molecule has 0 aliphatic carbocycles. The molecule has 62 valence electrons. The van der Waals surface area contributed by atoms with Crippen molar-refractivity contribution in [1.82, 2.24) is 14.5 Å². The smallest absolute Gasteiger partial charge is 0.263 e. The zero-order valence-electron chi connectivity index (χ0n) is 6.47. The van der Waals surface area contributed by atoms with Crippen LogP contribution in [-0.2, 0) is 7.05 Å². The lowest BCUT2D eigenvalue weighted by molar-refractivity contribution is 0.453. The maximum atomic E-state index is 5.06. The Kier molecular flexibility index (Phi) is 1.87. The quantitative estimate of drug-likeness (QED) is 0.705. The second kappa shape index (κ2) is 3.02. The molecule has 5 heteroatoms. The molecular formula is C7H7N3OS. The van der Waals surface area contributed by atoms with E-state index in [-0.39, 0.29) is 0 Å². The van der Waals surface area contributed by atoms with Crippen LogP contribution in [-0.4, -0.2) is 14.5 Å². The van der Waals surface area contributed by atoms with Crippen molar-refractivity contribution in [3.8, 4) is 0 Å². The number of hydrogen-bond acceptors (Lipinski definition) is 4. The zero-order valence-corrected chi connectivity index (χ0v) is 7.28. The fourth-order valence-electron chi connectivity index (χ4n) is 0.789. The highest BCUT2D eigenvalue weighted by Gasteiger charge is 2.04. The van der Waals surface area contributed by atoms with Gasteiger partial charge in [-0.15, -0.1) is 0 Å². The predicted octanol–water partition coefficient (Wildman–Crippen LogP) is 1.56. The molecular weight excluding hydrogens is 174 g/mol. The Labute approximate surface area is 73.6 Å². The summed E-state index contributed by atoms with van der Waals surface area (Å²) in [6.45, 7) is 0. The third kappa shape index (κ3) is 1.35. The molecule has 0 bridgehead atoms. The van der Waals surface area contributed by atoms with Crippen molar-refractivity contribution in [2.45, 2.75) is 10.4 Å². The molecule has 0 unspecified atom stereocenters. The van der Waals surface area contributed by atoms with E-state index in [1.807, 2.05) is 17.8 Å². The van der Waals surface area contributed by atoms with Gasteiger partial charge in [-0.1, -0.05) is 0 Å². The highest BCUT2D eigenvalue weighted by molar-refractivity contribution is 7.98. The van der Waals surface area contributed by atoms with E-state index in [2.05, 4.69) is 9.97 Å². The third-order valence-corrected chi connectivity index (χ3v) is 2.32. The van der Waals surface area contributed by atoms with E-state index in [1.165, 1.54) is 11.8 Å². The first kappa shape index (κ1) is 7.42. The Morgan fingerprint density at radius 2 is 2.33 bits per heavy atom. The standard InChI is InChI=1S/C7H7N3OS/c1-10-4-2-8-6(10)12-7-9-3-5-11-7/h2-5H,1H3. The first-order chi connectivity index (χ1) is 5.86. The molecule has 0 N–H and O–H groups in total. The average Bonchev–Trinajstić information content (AvgIpc) is 2.65. The van der Waals surface area contributed by atoms with Gasteiger partial charge in [0.2, 0.25) is 0 Å². The Hall–Kier alpha value is -1.23. The molecule has 2 heterocycles. The minimum atomic E-state index is 0.615. The van der Waals surface area contributed by atoms with Crippen LogP contribution >= 0.6 is 11.8 Å². The average molecular weight is 181 g/mol. The van der Waals surface area contributed by atoms with Crippen molar-refractivity contribution < 1.29 is 4.42 Å². The number of aromatic nitrogens is 3. The van der Waals surface area contributed by atoms with E-state index >= 15 is 0 Å². The molecule has 4 nitrogen and oxygen atoms in total. The van der Waals surface area contributed by atoms with Crippen molar-refractivity contribution in [1.29, 1.82) is 0 Å². The normalized spacial score (nSPS) is 10.4. The zero-order chi connectivity index (χ0) is 8.39. The largest absolute Gasteiger partial charge is 0.440 e. The van der Waals surface area contributed by atoms with E-state index in [0.29, 0.717) is 5.22 Å². The van der Waals surface area contributed by atoms with E-state index in [0.717, 1.165) is 5.16 Å². The van der Waals surface area contributed by atoms with Crippen LogP contribution in [0.3, 0.4) is 0 Å². The highest BCUT2D eigenvalue weighted by atomic mass is 32.2. The minimum absolute atomic E-state index is 0.615. The Morgan fingerprint density at radius 1 is 1.42 bits per heavy atom. The molecule has 0 amide bonds. The van der Waals surface area contributed by atoms with Crippen LogP contribution in [0.2, 0.25) is 0 Å². The Morgan fingerprint density at radius 3 is 2.92 bits per heavy atom. The molecule has 2 aromatic heterocycles. The van der Waals surface area contributed by atoms with Crippen LogP contribution in [0, 0.1) is 0 Å². The van der Waals surface area contributed by atoms with E-state index in [1.54, 1.807) is 18.7 Å². The molecule has 0 spiro atoms. The van der Waals surface area contributed by atoms with Crippen molar-refractivity contribution >= 4 is 11.8 Å². The van der Waals surface area contributed by atoms with Gasteiger partial charge < -0.3 is 8.98 Å². The van der Waals surface area contributed by atoms with E-state index < -0.39 is 0 Å². The first-order valence-corrected chi connectivity index (χ1v) is 4.22. The van der Waals surface area contributed by atoms with Crippen molar-refractivity contribution in [3.05, 3.63) is 24.9 Å². The molecule has 0 saturated carbocycles. The van der Waals surface area contributed by atoms with Crippen molar-refractivity contribution in [2.75, 3.05) is 0 Å². The van der Waals surface area contributed by atoms with Gasteiger partial charge in [0.05, 0.1) is 6.20 Å². The van der Waals surface area contributed by atoms with Gasteiger partial charge in [-0.3, -0.25) is 0 Å². The van der Waals surface area contributed by atoms with E-state index in [9.17, 15) is 0 Å². The fourth-order valence-corrected chi connectivity index (χ4v) is 1.48. The summed E-state index contributed by atoms with van der Waals surface area (Å²) in [5, 5.41) is 1.49. The van der Waals surface area contributed by atoms with Gasteiger partial charge >= 0.3 is 0 Å². The van der Waals surface area contributed by atoms with Gasteiger partial charge in [0.1, 0.15) is 6.26 Å². The van der Waals surface area contributed by atoms with Gasteiger partial charge in [-0.25, -0.2) is 9.97 Å². The molecule has 0 fully saturated rings. The van der Waals surface area contributed by atoms with Crippen LogP contribution in [0.5, 0.6) is 0 Å². The SMILES string of the molecule is Cn1ccnc1Sc1ncco1. The van der Waals surface area contributed by atoms with Gasteiger partial charge in [-0.05, 0) is 0 Å². The molecule has 0 atom stereocenters. The summed E-state index contributed by atoms with van der Waals surface area (Å²) < 4.78 is 6.97. The molecule has 2 rings (SSSR count). The van der Waals surface area contributed by atoms with Crippen LogP contribution < -0.4 is 0 Å². The predicted molar refractivity (Wildman–Crippen MR) is 43.8 cm³/mol. The van der Waals surface area contributed by atoms with Crippen LogP contribution in [0.4, 0.5) is 0 Å². The van der Waals surface area contributed by atoms with Crippen molar-refractivity contribution in [2.24, 2.45) is 7.05 Å². The summed E-state index contributed by atoms with van der Waals surface area (Å²) in [5.41, 5.74) is 0. The van der Waals surface area contributed by atoms with Crippen LogP contribution in [0.1, 0.15) is 0 Å². The number of oxazole rings is 1. The molecule has 0 radical (unpaired) electrons. The summed E-state index contributed by atoms with van der Waals surface area (Å²) in [5.74, 6) is 0. The lowest BCUT2D eigenvalue weighted by Crippen LogP contribution is -1.87. The lowest BCUT2D eigenvalue weighted by Gasteiger charge is -1.95. The summed E-state index contributed by atoms with van der Waals surface area (Å²) in [4.78, 5) is 8.09. The van der Waals surface area contributed by atoms with Gasteiger partial charge in [0.25, 0.3) is 5.22 Å². The Balaban J connectivity index is 2.20. The third-order valence-electron chi connectivity index (χ3n) is 1.37. The van der Waals surface area contributed by atoms with Gasteiger partial charge in [-0.2, -0.15) is 0 Å². The molecule has 2 aromatic rings. The molecule has 0 aromatic carbocycles. The number of nitrogens with zero attached hydrogens (tertiary/aromatic N) is 3. The number of imidazole rings is 1. The van der Waals surface area contributed by atoms with Crippen molar-refractivity contribution in [3.63, 3.8) is 0 Å². The summed E-state index contributed by atoms with van der Waals surface area (Å²) in [6, 6.07) is 0. The van der Waals surface area contributed by atoms with Gasteiger partial charge in [0.15, 0.2) is 5.16 Å². The molecule has 0 saturated heterocycles. The first-order valence-electron chi connectivity index (χ1n) is 3.41. The topological polar surface area (TPSA) is 43.9 Å². The second-order valence-corrected chi connectivity index (χ2v) is 3.14. The van der Waals surface area contributed by atoms with E-state index in [4.69, 9.17) is 4.42 Å². The summed E-state index contributed by atoms with van der Waals surface area (Å²) in [6.07, 6.45) is 6.78. The molecule has 0 aliphatic rings. The maximum absolute atomic E-state index is 5.06.